The molecule has 5 heteroatoms. The van der Waals surface area contributed by atoms with E-state index in [0.29, 0.717) is 26.1 Å². The van der Waals surface area contributed by atoms with Crippen LogP contribution in [-0.2, 0) is 32.1 Å². The van der Waals surface area contributed by atoms with Gasteiger partial charge >= 0.3 is 11.9 Å². The van der Waals surface area contributed by atoms with Crippen molar-refractivity contribution in [2.75, 3.05) is 6.61 Å². The van der Waals surface area contributed by atoms with Crippen LogP contribution in [0.5, 0.6) is 0 Å². The molecule has 5 nitrogen and oxygen atoms in total. The Morgan fingerprint density at radius 1 is 0.880 bits per heavy atom. The number of carbonyl (C=O) groups is 2. The van der Waals surface area contributed by atoms with Crippen molar-refractivity contribution in [3.8, 4) is 0 Å². The van der Waals surface area contributed by atoms with Crippen molar-refractivity contribution < 1.29 is 19.1 Å². The fourth-order valence-electron chi connectivity index (χ4n) is 1.89. The number of aromatic nitrogens is 1. The smallest absolute Gasteiger partial charge is 0.310 e. The molecule has 0 atom stereocenters. The predicted octanol–water partition coefficient (Wildman–Crippen LogP) is 3.72. The maximum absolute atomic E-state index is 11.0. The van der Waals surface area contributed by atoms with Crippen molar-refractivity contribution in [2.45, 2.75) is 39.7 Å². The lowest BCUT2D eigenvalue weighted by atomic mass is 10.2. The van der Waals surface area contributed by atoms with Crippen LogP contribution in [0, 0.1) is 0 Å². The zero-order chi connectivity index (χ0) is 18.3. The standard InChI is InChI=1S/C11H14O2.C9H11NO2/c1-2-6-11(12)13-9-10-7-4-3-5-8-10;1-2-12-9(11)7-8-3-5-10-6-4-8/h3-5,7-8H,2,6,9H2,1H3;3-6H,2,7H2,1H3. The molecule has 1 aromatic carbocycles. The van der Waals surface area contributed by atoms with Gasteiger partial charge in [0.05, 0.1) is 13.0 Å². The van der Waals surface area contributed by atoms with E-state index in [4.69, 9.17) is 9.47 Å². The van der Waals surface area contributed by atoms with Crippen LogP contribution in [0.25, 0.3) is 0 Å². The second-order valence-electron chi connectivity index (χ2n) is 5.23. The third kappa shape index (κ3) is 9.91. The van der Waals surface area contributed by atoms with Crippen LogP contribution in [0.1, 0.15) is 37.8 Å². The summed E-state index contributed by atoms with van der Waals surface area (Å²) in [5.41, 5.74) is 1.97. The van der Waals surface area contributed by atoms with Gasteiger partial charge in [-0.15, -0.1) is 0 Å². The van der Waals surface area contributed by atoms with Crippen LogP contribution in [0.4, 0.5) is 0 Å². The van der Waals surface area contributed by atoms with Crippen LogP contribution in [0.2, 0.25) is 0 Å². The van der Waals surface area contributed by atoms with Gasteiger partial charge in [0, 0.05) is 18.8 Å². The van der Waals surface area contributed by atoms with E-state index in [0.717, 1.165) is 17.5 Å². The number of hydrogen-bond acceptors (Lipinski definition) is 5. The molecule has 0 aliphatic rings. The van der Waals surface area contributed by atoms with Crippen LogP contribution >= 0.6 is 0 Å². The number of carbonyl (C=O) groups excluding carboxylic acids is 2. The molecule has 2 rings (SSSR count). The number of ether oxygens (including phenoxy) is 2. The maximum Gasteiger partial charge on any atom is 0.310 e. The highest BCUT2D eigenvalue weighted by Gasteiger charge is 2.02. The topological polar surface area (TPSA) is 65.5 Å². The van der Waals surface area contributed by atoms with Gasteiger partial charge in [0.2, 0.25) is 0 Å². The minimum Gasteiger partial charge on any atom is -0.466 e. The Morgan fingerprint density at radius 3 is 2.16 bits per heavy atom. The Hall–Kier alpha value is -2.69. The zero-order valence-corrected chi connectivity index (χ0v) is 14.8. The molecule has 1 heterocycles. The highest BCUT2D eigenvalue weighted by molar-refractivity contribution is 5.72. The Morgan fingerprint density at radius 2 is 1.56 bits per heavy atom. The Labute approximate surface area is 149 Å². The fourth-order valence-corrected chi connectivity index (χ4v) is 1.89. The summed E-state index contributed by atoms with van der Waals surface area (Å²) in [5.74, 6) is -0.310. The number of nitrogens with zero attached hydrogens (tertiary/aromatic N) is 1. The summed E-state index contributed by atoms with van der Waals surface area (Å²) in [5, 5.41) is 0. The van der Waals surface area contributed by atoms with E-state index < -0.39 is 0 Å². The minimum absolute atomic E-state index is 0.119. The molecule has 0 spiro atoms. The van der Waals surface area contributed by atoms with Crippen LogP contribution in [0.15, 0.2) is 54.9 Å². The van der Waals surface area contributed by atoms with Gasteiger partial charge in [-0.25, -0.2) is 0 Å². The maximum atomic E-state index is 11.0. The van der Waals surface area contributed by atoms with Gasteiger partial charge in [-0.1, -0.05) is 37.3 Å². The van der Waals surface area contributed by atoms with Gasteiger partial charge < -0.3 is 9.47 Å². The molecule has 0 aliphatic heterocycles. The Kier molecular flexibility index (Phi) is 10.3. The predicted molar refractivity (Wildman–Crippen MR) is 95.7 cm³/mol. The summed E-state index contributed by atoms with van der Waals surface area (Å²) in [7, 11) is 0. The highest BCUT2D eigenvalue weighted by atomic mass is 16.5. The molecular formula is C20H25NO4. The van der Waals surface area contributed by atoms with Gasteiger partial charge in [0.25, 0.3) is 0 Å². The van der Waals surface area contributed by atoms with Gasteiger partial charge in [-0.05, 0) is 36.6 Å². The lowest BCUT2D eigenvalue weighted by molar-refractivity contribution is -0.145. The minimum atomic E-state index is -0.191. The Bertz CT molecular complexity index is 614. The summed E-state index contributed by atoms with van der Waals surface area (Å²) in [6.07, 6.45) is 5.00. The first kappa shape index (κ1) is 20.4. The average Bonchev–Trinajstić information content (AvgIpc) is 2.63. The molecule has 134 valence electrons. The molecular weight excluding hydrogens is 318 g/mol. The number of pyridine rings is 1. The molecule has 25 heavy (non-hydrogen) atoms. The van der Waals surface area contributed by atoms with Crippen molar-refractivity contribution >= 4 is 11.9 Å². The van der Waals surface area contributed by atoms with Gasteiger partial charge in [0.15, 0.2) is 0 Å². The molecule has 0 saturated carbocycles. The summed E-state index contributed by atoms with van der Waals surface area (Å²) < 4.78 is 9.82. The van der Waals surface area contributed by atoms with Crippen molar-refractivity contribution in [1.82, 2.24) is 4.98 Å². The Balaban J connectivity index is 0.000000251. The van der Waals surface area contributed by atoms with Crippen LogP contribution < -0.4 is 0 Å². The molecule has 0 saturated heterocycles. The van der Waals surface area contributed by atoms with Gasteiger partial charge in [0.1, 0.15) is 6.61 Å². The molecule has 1 aromatic heterocycles. The highest BCUT2D eigenvalue weighted by Crippen LogP contribution is 2.02. The van der Waals surface area contributed by atoms with E-state index in [9.17, 15) is 9.59 Å². The number of hydrogen-bond donors (Lipinski definition) is 0. The van der Waals surface area contributed by atoms with Gasteiger partial charge in [-0.3, -0.25) is 14.6 Å². The molecule has 0 radical (unpaired) electrons. The normalized spacial score (nSPS) is 9.52. The molecule has 2 aromatic rings. The molecule has 0 N–H and O–H groups in total. The van der Waals surface area contributed by atoms with Crippen LogP contribution in [-0.4, -0.2) is 23.5 Å². The van der Waals surface area contributed by atoms with E-state index in [1.54, 1.807) is 31.5 Å². The second kappa shape index (κ2) is 12.7. The van der Waals surface area contributed by atoms with E-state index in [-0.39, 0.29) is 11.9 Å². The van der Waals surface area contributed by atoms with Crippen molar-refractivity contribution in [3.05, 3.63) is 66.0 Å². The third-order valence-electron chi connectivity index (χ3n) is 3.10. The van der Waals surface area contributed by atoms with Crippen molar-refractivity contribution in [2.24, 2.45) is 0 Å². The van der Waals surface area contributed by atoms with E-state index >= 15 is 0 Å². The second-order valence-corrected chi connectivity index (χ2v) is 5.23. The third-order valence-corrected chi connectivity index (χ3v) is 3.10. The van der Waals surface area contributed by atoms with E-state index in [2.05, 4.69) is 4.98 Å². The number of benzene rings is 1. The fraction of sp³-hybridized carbons (Fsp3) is 0.350. The number of rotatable bonds is 7. The largest absolute Gasteiger partial charge is 0.466 e. The molecule has 0 amide bonds. The molecule has 0 unspecified atom stereocenters. The molecule has 0 aliphatic carbocycles. The first-order valence-electron chi connectivity index (χ1n) is 8.39. The first-order chi connectivity index (χ1) is 12.2. The summed E-state index contributed by atoms with van der Waals surface area (Å²) in [4.78, 5) is 25.8. The zero-order valence-electron chi connectivity index (χ0n) is 14.8. The van der Waals surface area contributed by atoms with E-state index in [1.165, 1.54) is 0 Å². The van der Waals surface area contributed by atoms with Crippen LogP contribution in [0.3, 0.4) is 0 Å². The SMILES string of the molecule is CCCC(=O)OCc1ccccc1.CCOC(=O)Cc1ccncc1. The van der Waals surface area contributed by atoms with Crippen molar-refractivity contribution in [3.63, 3.8) is 0 Å². The quantitative estimate of drug-likeness (QED) is 0.717. The molecule has 0 bridgehead atoms. The summed E-state index contributed by atoms with van der Waals surface area (Å²) in [6, 6.07) is 13.3. The van der Waals surface area contributed by atoms with Gasteiger partial charge in [-0.2, -0.15) is 0 Å². The van der Waals surface area contributed by atoms with E-state index in [1.807, 2.05) is 37.3 Å². The monoisotopic (exact) mass is 343 g/mol. The first-order valence-corrected chi connectivity index (χ1v) is 8.39. The molecule has 0 fully saturated rings. The summed E-state index contributed by atoms with van der Waals surface area (Å²) in [6.45, 7) is 4.58. The number of esters is 2. The summed E-state index contributed by atoms with van der Waals surface area (Å²) >= 11 is 0. The van der Waals surface area contributed by atoms with Crippen molar-refractivity contribution in [1.29, 1.82) is 0 Å². The lowest BCUT2D eigenvalue weighted by Gasteiger charge is -2.02. The lowest BCUT2D eigenvalue weighted by Crippen LogP contribution is -2.07. The average molecular weight is 343 g/mol.